The molecule has 1 aliphatic carbocycles. The maximum Gasteiger partial charge on any atom is 0.255 e. The molecule has 2 aliphatic heterocycles. The lowest BCUT2D eigenvalue weighted by atomic mass is 9.92. The second-order valence-corrected chi connectivity index (χ2v) is 10.2. The first kappa shape index (κ1) is 24.3. The molecule has 0 aromatic heterocycles. The lowest BCUT2D eigenvalue weighted by molar-refractivity contribution is -0.154. The minimum absolute atomic E-state index is 0.0320. The van der Waals surface area contributed by atoms with Gasteiger partial charge in [0.15, 0.2) is 12.2 Å². The van der Waals surface area contributed by atoms with Crippen molar-refractivity contribution < 1.29 is 19.8 Å². The van der Waals surface area contributed by atoms with E-state index in [1.807, 2.05) is 54.6 Å². The summed E-state index contributed by atoms with van der Waals surface area (Å²) >= 11 is 0. The van der Waals surface area contributed by atoms with Crippen LogP contribution in [-0.4, -0.2) is 64.8 Å². The van der Waals surface area contributed by atoms with E-state index >= 15 is 0 Å². The summed E-state index contributed by atoms with van der Waals surface area (Å²) in [6.07, 6.45) is 0.518. The number of carbonyl (C=O) groups is 2. The molecule has 1 saturated carbocycles. The van der Waals surface area contributed by atoms with Crippen molar-refractivity contribution in [2.24, 2.45) is 5.41 Å². The number of nitrogens with one attached hydrogen (secondary N) is 1. The van der Waals surface area contributed by atoms with Gasteiger partial charge in [0.25, 0.3) is 11.8 Å². The summed E-state index contributed by atoms with van der Waals surface area (Å²) in [4.78, 5) is 29.5. The third-order valence-electron chi connectivity index (χ3n) is 8.17. The number of aliphatic hydroxyl groups is 2. The predicted octanol–water partition coefficient (Wildman–Crippen LogP) is 2.12. The fraction of sp³-hybridized carbons (Fsp3) is 0.464. The molecule has 3 N–H and O–H groups in total. The van der Waals surface area contributed by atoms with Gasteiger partial charge in [0.1, 0.15) is 6.07 Å². The maximum absolute atomic E-state index is 13.0. The van der Waals surface area contributed by atoms with Gasteiger partial charge in [-0.3, -0.25) is 9.59 Å². The molecule has 3 fully saturated rings. The number of hydrogen-bond acceptors (Lipinski definition) is 6. The van der Waals surface area contributed by atoms with E-state index in [9.17, 15) is 25.1 Å². The number of anilines is 1. The van der Waals surface area contributed by atoms with E-state index in [4.69, 9.17) is 0 Å². The van der Waals surface area contributed by atoms with E-state index in [1.165, 1.54) is 0 Å². The minimum Gasteiger partial charge on any atom is -0.380 e. The molecule has 0 radical (unpaired) electrons. The van der Waals surface area contributed by atoms with Crippen LogP contribution in [0.3, 0.4) is 0 Å². The molecular weight excluding hydrogens is 456 g/mol. The topological polar surface area (TPSA) is 117 Å². The highest BCUT2D eigenvalue weighted by atomic mass is 16.3. The van der Waals surface area contributed by atoms with Gasteiger partial charge in [-0.25, -0.2) is 0 Å². The SMILES string of the molecule is N#Cc1ccccc1N1CCC2(CC1)CC2NC(=O)[C@H](O)[C@@H](O)C(=O)N1CCC[C@@H]1c1ccccc1. The predicted molar refractivity (Wildman–Crippen MR) is 134 cm³/mol. The molecule has 5 rings (SSSR count). The molecule has 2 saturated heterocycles. The minimum atomic E-state index is -1.81. The molecule has 2 heterocycles. The standard InChI is InChI=1S/C28H32N4O4/c29-18-20-9-4-5-10-21(20)31-15-12-28(13-16-31)17-23(28)30-26(35)24(33)25(34)27(36)32-14-6-11-22(32)19-7-2-1-3-8-19/h1-5,7-10,22-25,33-34H,6,11-17H2,(H,30,35)/t22-,23?,24-,25-/m1/s1. The molecule has 8 heteroatoms. The number of aliphatic hydroxyl groups excluding tert-OH is 2. The molecule has 1 unspecified atom stereocenters. The number of para-hydroxylation sites is 1. The van der Waals surface area contributed by atoms with Gasteiger partial charge >= 0.3 is 0 Å². The number of amides is 2. The van der Waals surface area contributed by atoms with Gasteiger partial charge in [0, 0.05) is 25.7 Å². The Morgan fingerprint density at radius 2 is 1.69 bits per heavy atom. The summed E-state index contributed by atoms with van der Waals surface area (Å²) in [6.45, 7) is 2.05. The van der Waals surface area contributed by atoms with Crippen LogP contribution >= 0.6 is 0 Å². The van der Waals surface area contributed by atoms with Crippen molar-refractivity contribution >= 4 is 17.5 Å². The van der Waals surface area contributed by atoms with Crippen LogP contribution < -0.4 is 10.2 Å². The van der Waals surface area contributed by atoms with Crippen molar-refractivity contribution in [1.29, 1.82) is 5.26 Å². The Kier molecular flexibility index (Phi) is 6.69. The zero-order chi connectivity index (χ0) is 25.3. The first-order valence-corrected chi connectivity index (χ1v) is 12.7. The molecule has 2 aromatic rings. The van der Waals surface area contributed by atoms with Crippen LogP contribution in [0.5, 0.6) is 0 Å². The molecule has 8 nitrogen and oxygen atoms in total. The van der Waals surface area contributed by atoms with Crippen LogP contribution in [0.15, 0.2) is 54.6 Å². The lowest BCUT2D eigenvalue weighted by Crippen LogP contribution is -2.51. The van der Waals surface area contributed by atoms with Crippen molar-refractivity contribution in [2.75, 3.05) is 24.5 Å². The third kappa shape index (κ3) is 4.57. The zero-order valence-electron chi connectivity index (χ0n) is 20.2. The third-order valence-corrected chi connectivity index (χ3v) is 8.17. The van der Waals surface area contributed by atoms with Crippen LogP contribution in [0.2, 0.25) is 0 Å². The summed E-state index contributed by atoms with van der Waals surface area (Å²) in [5.41, 5.74) is 2.54. The highest BCUT2D eigenvalue weighted by molar-refractivity contribution is 5.91. The molecule has 36 heavy (non-hydrogen) atoms. The van der Waals surface area contributed by atoms with Gasteiger partial charge in [-0.05, 0) is 55.2 Å². The van der Waals surface area contributed by atoms with Crippen LogP contribution in [0.25, 0.3) is 0 Å². The van der Waals surface area contributed by atoms with Crippen LogP contribution in [0, 0.1) is 16.7 Å². The number of likely N-dealkylation sites (tertiary alicyclic amines) is 1. The number of nitriles is 1. The van der Waals surface area contributed by atoms with E-state index in [-0.39, 0.29) is 17.5 Å². The summed E-state index contributed by atoms with van der Waals surface area (Å²) < 4.78 is 0. The molecule has 3 aliphatic rings. The number of hydrogen-bond donors (Lipinski definition) is 3. The van der Waals surface area contributed by atoms with Crippen molar-refractivity contribution in [1.82, 2.24) is 10.2 Å². The molecule has 2 amide bonds. The molecule has 188 valence electrons. The van der Waals surface area contributed by atoms with Gasteiger partial charge in [0.2, 0.25) is 0 Å². The van der Waals surface area contributed by atoms with Crippen molar-refractivity contribution in [3.05, 3.63) is 65.7 Å². The lowest BCUT2D eigenvalue weighted by Gasteiger charge is -2.35. The van der Waals surface area contributed by atoms with Gasteiger partial charge in [0.05, 0.1) is 17.3 Å². The highest BCUT2D eigenvalue weighted by Crippen LogP contribution is 2.54. The number of carbonyl (C=O) groups excluding carboxylic acids is 2. The van der Waals surface area contributed by atoms with Crippen LogP contribution in [0.1, 0.15) is 49.3 Å². The first-order chi connectivity index (χ1) is 17.4. The average molecular weight is 489 g/mol. The smallest absolute Gasteiger partial charge is 0.255 e. The normalized spacial score (nSPS) is 24.1. The van der Waals surface area contributed by atoms with E-state index < -0.39 is 24.0 Å². The zero-order valence-corrected chi connectivity index (χ0v) is 20.2. The fourth-order valence-corrected chi connectivity index (χ4v) is 5.90. The van der Waals surface area contributed by atoms with E-state index in [2.05, 4.69) is 16.3 Å². The maximum atomic E-state index is 13.0. The number of rotatable bonds is 6. The molecule has 1 spiro atoms. The number of benzene rings is 2. The Bertz CT molecular complexity index is 1160. The van der Waals surface area contributed by atoms with E-state index in [0.29, 0.717) is 12.1 Å². The van der Waals surface area contributed by atoms with Crippen molar-refractivity contribution in [3.63, 3.8) is 0 Å². The van der Waals surface area contributed by atoms with Crippen molar-refractivity contribution in [3.8, 4) is 6.07 Å². The molecule has 0 bridgehead atoms. The Labute approximate surface area is 211 Å². The van der Waals surface area contributed by atoms with Crippen molar-refractivity contribution in [2.45, 2.75) is 56.4 Å². The summed E-state index contributed by atoms with van der Waals surface area (Å²) in [6, 6.07) is 19.2. The second-order valence-electron chi connectivity index (χ2n) is 10.2. The quantitative estimate of drug-likeness (QED) is 0.574. The summed E-state index contributed by atoms with van der Waals surface area (Å²) in [5, 5.41) is 33.4. The number of nitrogens with zero attached hydrogens (tertiary/aromatic N) is 3. The van der Waals surface area contributed by atoms with E-state index in [0.717, 1.165) is 56.4 Å². The first-order valence-electron chi connectivity index (χ1n) is 12.7. The highest BCUT2D eigenvalue weighted by Gasteiger charge is 2.56. The van der Waals surface area contributed by atoms with Gasteiger partial charge < -0.3 is 25.3 Å². The monoisotopic (exact) mass is 488 g/mol. The summed E-state index contributed by atoms with van der Waals surface area (Å²) in [7, 11) is 0. The number of piperidine rings is 1. The second kappa shape index (κ2) is 9.92. The van der Waals surface area contributed by atoms with Gasteiger partial charge in [-0.2, -0.15) is 5.26 Å². The summed E-state index contributed by atoms with van der Waals surface area (Å²) in [5.74, 6) is -1.32. The fourth-order valence-electron chi connectivity index (χ4n) is 5.90. The van der Waals surface area contributed by atoms with Gasteiger partial charge in [-0.15, -0.1) is 0 Å². The van der Waals surface area contributed by atoms with Crippen LogP contribution in [0.4, 0.5) is 5.69 Å². The average Bonchev–Trinajstić information content (AvgIpc) is 3.33. The molecule has 4 atom stereocenters. The Hall–Kier alpha value is -3.41. The Morgan fingerprint density at radius 3 is 2.42 bits per heavy atom. The molecule has 2 aromatic carbocycles. The Balaban J connectivity index is 1.15. The van der Waals surface area contributed by atoms with Crippen LogP contribution in [-0.2, 0) is 9.59 Å². The van der Waals surface area contributed by atoms with Gasteiger partial charge in [-0.1, -0.05) is 42.5 Å². The Morgan fingerprint density at radius 1 is 1.00 bits per heavy atom. The van der Waals surface area contributed by atoms with E-state index in [1.54, 1.807) is 4.90 Å². The largest absolute Gasteiger partial charge is 0.380 e. The molecular formula is C28H32N4O4.